The summed E-state index contributed by atoms with van der Waals surface area (Å²) in [5.41, 5.74) is 1.33. The maximum Gasteiger partial charge on any atom is 0.230 e. The van der Waals surface area contributed by atoms with Crippen molar-refractivity contribution >= 4 is 17.2 Å². The molecule has 2 aliphatic rings. The molecule has 2 heterocycles. The van der Waals surface area contributed by atoms with Gasteiger partial charge in [0.25, 0.3) is 0 Å². The molecule has 3 heteroatoms. The van der Waals surface area contributed by atoms with Crippen LogP contribution < -0.4 is 0 Å². The minimum Gasteiger partial charge on any atom is -0.342 e. The lowest BCUT2D eigenvalue weighted by Gasteiger charge is -2.32. The van der Waals surface area contributed by atoms with Gasteiger partial charge in [-0.15, -0.1) is 11.3 Å². The summed E-state index contributed by atoms with van der Waals surface area (Å²) in [5, 5.41) is 2.15. The monoisotopic (exact) mass is 249 g/mol. The van der Waals surface area contributed by atoms with Crippen LogP contribution in [0, 0.1) is 0 Å². The van der Waals surface area contributed by atoms with E-state index < -0.39 is 0 Å². The van der Waals surface area contributed by atoms with Gasteiger partial charge in [-0.2, -0.15) is 0 Å². The smallest absolute Gasteiger partial charge is 0.230 e. The van der Waals surface area contributed by atoms with Gasteiger partial charge in [0.2, 0.25) is 5.91 Å². The molecule has 92 valence electrons. The van der Waals surface area contributed by atoms with Gasteiger partial charge in [0.15, 0.2) is 0 Å². The standard InChI is InChI=1S/C14H19NOS/c16-14(15-8-2-1-3-9-15)12-5-4-6-13-11(12)7-10-17-13/h7,10,12H,1-6,8-9H2. The highest BCUT2D eigenvalue weighted by Gasteiger charge is 2.30. The van der Waals surface area contributed by atoms with Gasteiger partial charge >= 0.3 is 0 Å². The molecular formula is C14H19NOS. The van der Waals surface area contributed by atoms with Crippen molar-refractivity contribution in [3.63, 3.8) is 0 Å². The fraction of sp³-hybridized carbons (Fsp3) is 0.643. The second-order valence-electron chi connectivity index (χ2n) is 5.13. The van der Waals surface area contributed by atoms with E-state index in [0.717, 1.165) is 19.5 Å². The van der Waals surface area contributed by atoms with Crippen LogP contribution in [0.25, 0.3) is 0 Å². The number of likely N-dealkylation sites (tertiary alicyclic amines) is 1. The summed E-state index contributed by atoms with van der Waals surface area (Å²) < 4.78 is 0. The Hall–Kier alpha value is -0.830. The van der Waals surface area contributed by atoms with Crippen LogP contribution in [0.5, 0.6) is 0 Å². The summed E-state index contributed by atoms with van der Waals surface area (Å²) in [6, 6.07) is 2.17. The minimum absolute atomic E-state index is 0.170. The fourth-order valence-corrected chi connectivity index (χ4v) is 4.07. The maximum absolute atomic E-state index is 12.5. The Kier molecular flexibility index (Phi) is 3.19. The SMILES string of the molecule is O=C(C1CCCc2sccc21)N1CCCCC1. The molecule has 1 aliphatic carbocycles. The van der Waals surface area contributed by atoms with Gasteiger partial charge < -0.3 is 4.90 Å². The number of carbonyl (C=O) groups excluding carboxylic acids is 1. The highest BCUT2D eigenvalue weighted by Crippen LogP contribution is 2.36. The number of fused-ring (bicyclic) bond motifs is 1. The molecule has 0 spiro atoms. The molecule has 1 aromatic rings. The van der Waals surface area contributed by atoms with Crippen molar-refractivity contribution in [2.75, 3.05) is 13.1 Å². The van der Waals surface area contributed by atoms with Gasteiger partial charge in [0.05, 0.1) is 5.92 Å². The number of nitrogens with zero attached hydrogens (tertiary/aromatic N) is 1. The molecule has 3 rings (SSSR count). The Morgan fingerprint density at radius 2 is 2.06 bits per heavy atom. The van der Waals surface area contributed by atoms with Crippen molar-refractivity contribution in [1.82, 2.24) is 4.90 Å². The maximum atomic E-state index is 12.5. The summed E-state index contributed by atoms with van der Waals surface area (Å²) >= 11 is 1.82. The van der Waals surface area contributed by atoms with Crippen LogP contribution in [-0.4, -0.2) is 23.9 Å². The number of amides is 1. The lowest BCUT2D eigenvalue weighted by molar-refractivity contribution is -0.134. The first-order valence-electron chi connectivity index (χ1n) is 6.71. The average molecular weight is 249 g/mol. The van der Waals surface area contributed by atoms with Gasteiger partial charge in [-0.3, -0.25) is 4.79 Å². The number of rotatable bonds is 1. The Balaban J connectivity index is 1.79. The molecule has 1 atom stereocenters. The number of thiophene rings is 1. The van der Waals surface area contributed by atoms with Crippen molar-refractivity contribution < 1.29 is 4.79 Å². The van der Waals surface area contributed by atoms with E-state index in [2.05, 4.69) is 16.3 Å². The molecule has 1 aromatic heterocycles. The van der Waals surface area contributed by atoms with E-state index in [1.54, 1.807) is 0 Å². The van der Waals surface area contributed by atoms with E-state index in [4.69, 9.17) is 0 Å². The van der Waals surface area contributed by atoms with Crippen LogP contribution in [0.15, 0.2) is 11.4 Å². The lowest BCUT2D eigenvalue weighted by atomic mass is 9.86. The normalized spacial score (nSPS) is 24.5. The van der Waals surface area contributed by atoms with E-state index in [9.17, 15) is 4.79 Å². The summed E-state index contributed by atoms with van der Waals surface area (Å²) in [5.74, 6) is 0.562. The highest BCUT2D eigenvalue weighted by molar-refractivity contribution is 7.10. The first-order valence-corrected chi connectivity index (χ1v) is 7.59. The van der Waals surface area contributed by atoms with Gasteiger partial charge in [0.1, 0.15) is 0 Å². The van der Waals surface area contributed by atoms with E-state index in [0.29, 0.717) is 5.91 Å². The summed E-state index contributed by atoms with van der Waals surface area (Å²) in [6.07, 6.45) is 7.08. The van der Waals surface area contributed by atoms with Crippen LogP contribution in [0.3, 0.4) is 0 Å². The summed E-state index contributed by atoms with van der Waals surface area (Å²) in [7, 11) is 0. The van der Waals surface area contributed by atoms with E-state index in [-0.39, 0.29) is 5.92 Å². The van der Waals surface area contributed by atoms with E-state index >= 15 is 0 Å². The molecule has 2 nitrogen and oxygen atoms in total. The third kappa shape index (κ3) is 2.13. The average Bonchev–Trinajstić information content (AvgIpc) is 2.87. The number of aryl methyl sites for hydroxylation is 1. The fourth-order valence-electron chi connectivity index (χ4n) is 3.08. The molecule has 1 fully saturated rings. The topological polar surface area (TPSA) is 20.3 Å². The Morgan fingerprint density at radius 3 is 2.88 bits per heavy atom. The largest absolute Gasteiger partial charge is 0.342 e. The summed E-state index contributed by atoms with van der Waals surface area (Å²) in [4.78, 5) is 16.1. The van der Waals surface area contributed by atoms with E-state index in [1.165, 1.54) is 42.5 Å². The molecule has 0 bridgehead atoms. The van der Waals surface area contributed by atoms with Crippen LogP contribution in [0.2, 0.25) is 0 Å². The molecule has 1 amide bonds. The Labute approximate surface area is 107 Å². The third-order valence-corrected chi connectivity index (χ3v) is 5.01. The zero-order chi connectivity index (χ0) is 11.7. The number of hydrogen-bond acceptors (Lipinski definition) is 2. The highest BCUT2D eigenvalue weighted by atomic mass is 32.1. The molecule has 1 aliphatic heterocycles. The van der Waals surface area contributed by atoms with Crippen LogP contribution in [-0.2, 0) is 11.2 Å². The van der Waals surface area contributed by atoms with E-state index in [1.807, 2.05) is 11.3 Å². The number of carbonyl (C=O) groups is 1. The van der Waals surface area contributed by atoms with Crippen LogP contribution in [0.4, 0.5) is 0 Å². The van der Waals surface area contributed by atoms with Crippen molar-refractivity contribution in [3.05, 3.63) is 21.9 Å². The predicted molar refractivity (Wildman–Crippen MR) is 70.4 cm³/mol. The number of piperidine rings is 1. The molecular weight excluding hydrogens is 230 g/mol. The van der Waals surface area contributed by atoms with Gasteiger partial charge in [-0.1, -0.05) is 0 Å². The second kappa shape index (κ2) is 4.81. The first kappa shape index (κ1) is 11.3. The minimum atomic E-state index is 0.170. The second-order valence-corrected chi connectivity index (χ2v) is 6.13. The molecule has 0 saturated carbocycles. The van der Waals surface area contributed by atoms with Crippen molar-refractivity contribution in [1.29, 1.82) is 0 Å². The molecule has 17 heavy (non-hydrogen) atoms. The third-order valence-electron chi connectivity index (χ3n) is 4.02. The molecule has 0 N–H and O–H groups in total. The lowest BCUT2D eigenvalue weighted by Crippen LogP contribution is -2.39. The predicted octanol–water partition coefficient (Wildman–Crippen LogP) is 3.18. The van der Waals surface area contributed by atoms with Gasteiger partial charge in [0, 0.05) is 18.0 Å². The zero-order valence-electron chi connectivity index (χ0n) is 10.2. The Bertz CT molecular complexity index is 406. The van der Waals surface area contributed by atoms with Crippen molar-refractivity contribution in [3.8, 4) is 0 Å². The number of hydrogen-bond donors (Lipinski definition) is 0. The van der Waals surface area contributed by atoms with Crippen LogP contribution >= 0.6 is 11.3 Å². The van der Waals surface area contributed by atoms with Gasteiger partial charge in [-0.05, 0) is 55.5 Å². The quantitative estimate of drug-likeness (QED) is 0.748. The molecule has 0 aromatic carbocycles. The van der Waals surface area contributed by atoms with Gasteiger partial charge in [-0.25, -0.2) is 0 Å². The zero-order valence-corrected chi connectivity index (χ0v) is 11.0. The molecule has 0 radical (unpaired) electrons. The van der Waals surface area contributed by atoms with Crippen LogP contribution in [0.1, 0.15) is 48.5 Å². The Morgan fingerprint density at radius 1 is 1.24 bits per heavy atom. The first-order chi connectivity index (χ1) is 8.36. The van der Waals surface area contributed by atoms with Crippen molar-refractivity contribution in [2.24, 2.45) is 0 Å². The van der Waals surface area contributed by atoms with Crippen molar-refractivity contribution in [2.45, 2.75) is 44.4 Å². The molecule has 1 saturated heterocycles. The molecule has 1 unspecified atom stereocenters. The summed E-state index contributed by atoms with van der Waals surface area (Å²) in [6.45, 7) is 1.96.